The molecule has 5 N–H and O–H groups in total. The van der Waals surface area contributed by atoms with E-state index in [0.717, 1.165) is 32.1 Å². The number of nitrogens with two attached hydrogens (primary N) is 2. The van der Waals surface area contributed by atoms with Crippen molar-refractivity contribution in [3.63, 3.8) is 0 Å². The van der Waals surface area contributed by atoms with E-state index >= 15 is 0 Å². The zero-order valence-electron chi connectivity index (χ0n) is 13.6. The van der Waals surface area contributed by atoms with Crippen LogP contribution in [0.4, 0.5) is 11.4 Å². The Morgan fingerprint density at radius 3 is 2.76 bits per heavy atom. The van der Waals surface area contributed by atoms with Gasteiger partial charge in [0.1, 0.15) is 5.66 Å². The minimum atomic E-state index is -0.564. The molecule has 1 fully saturated rings. The van der Waals surface area contributed by atoms with Gasteiger partial charge in [0.2, 0.25) is 11.9 Å². The molecule has 1 saturated carbocycles. The van der Waals surface area contributed by atoms with Gasteiger partial charge in [-0.2, -0.15) is 4.99 Å². The average Bonchev–Trinajstić information content (AvgIpc) is 2.54. The van der Waals surface area contributed by atoms with E-state index < -0.39 is 5.66 Å². The first-order valence-electron chi connectivity index (χ1n) is 8.24. The van der Waals surface area contributed by atoms with Gasteiger partial charge in [-0.05, 0) is 37.8 Å². The van der Waals surface area contributed by atoms with Crippen molar-refractivity contribution in [3.8, 4) is 5.75 Å². The van der Waals surface area contributed by atoms with Gasteiger partial charge in [-0.15, -0.1) is 0 Å². The van der Waals surface area contributed by atoms with E-state index in [4.69, 9.17) is 27.8 Å². The molecule has 0 saturated heterocycles. The zero-order valence-corrected chi connectivity index (χ0v) is 14.3. The number of halogens is 1. The molecular weight excluding hydrogens is 344 g/mol. The Hall–Kier alpha value is -2.48. The molecule has 132 valence electrons. The summed E-state index contributed by atoms with van der Waals surface area (Å²) in [5.41, 5.74) is 12.7. The molecule has 0 aromatic heterocycles. The number of aliphatic imine (C=N–C) groups is 2. The maximum Gasteiger partial charge on any atom is 0.262 e. The number of nitrogens with one attached hydrogen (secondary N) is 1. The van der Waals surface area contributed by atoms with Crippen LogP contribution in [0, 0.1) is 0 Å². The topological polar surface area (TPSA) is 118 Å². The van der Waals surface area contributed by atoms with Crippen LogP contribution < -0.4 is 26.4 Å². The Kier molecular flexibility index (Phi) is 3.72. The number of benzene rings is 1. The normalized spacial score (nSPS) is 21.8. The highest BCUT2D eigenvalue weighted by Crippen LogP contribution is 2.44. The highest BCUT2D eigenvalue weighted by atomic mass is 35.5. The minimum absolute atomic E-state index is 0.0514. The summed E-state index contributed by atoms with van der Waals surface area (Å²) in [4.78, 5) is 22.3. The third kappa shape index (κ3) is 2.66. The van der Waals surface area contributed by atoms with Crippen molar-refractivity contribution in [2.75, 3.05) is 16.8 Å². The van der Waals surface area contributed by atoms with E-state index in [1.807, 2.05) is 4.90 Å². The van der Waals surface area contributed by atoms with Gasteiger partial charge in [0.15, 0.2) is 12.4 Å². The van der Waals surface area contributed by atoms with Gasteiger partial charge < -0.3 is 21.5 Å². The Bertz CT molecular complexity index is 800. The zero-order chi connectivity index (χ0) is 17.6. The van der Waals surface area contributed by atoms with Crippen molar-refractivity contribution in [2.45, 2.75) is 37.8 Å². The van der Waals surface area contributed by atoms with Crippen molar-refractivity contribution in [2.24, 2.45) is 21.5 Å². The van der Waals surface area contributed by atoms with E-state index in [1.54, 1.807) is 12.1 Å². The first kappa shape index (κ1) is 16.0. The predicted octanol–water partition coefficient (Wildman–Crippen LogP) is 1.78. The van der Waals surface area contributed by atoms with Gasteiger partial charge in [0.05, 0.1) is 16.4 Å². The number of hydrogen-bond acceptors (Lipinski definition) is 7. The van der Waals surface area contributed by atoms with Gasteiger partial charge in [-0.25, -0.2) is 4.99 Å². The fourth-order valence-electron chi connectivity index (χ4n) is 3.77. The lowest BCUT2D eigenvalue weighted by atomic mass is 9.87. The molecule has 0 bridgehead atoms. The molecule has 0 atom stereocenters. The van der Waals surface area contributed by atoms with Crippen LogP contribution >= 0.6 is 11.6 Å². The van der Waals surface area contributed by atoms with Crippen molar-refractivity contribution < 1.29 is 9.53 Å². The molecular formula is C16H19ClN6O2. The van der Waals surface area contributed by atoms with Gasteiger partial charge >= 0.3 is 0 Å². The summed E-state index contributed by atoms with van der Waals surface area (Å²) in [6, 6.07) is 3.54. The highest BCUT2D eigenvalue weighted by Gasteiger charge is 2.43. The van der Waals surface area contributed by atoms with Gasteiger partial charge in [-0.3, -0.25) is 9.69 Å². The van der Waals surface area contributed by atoms with Crippen LogP contribution in [0.5, 0.6) is 5.75 Å². The van der Waals surface area contributed by atoms with E-state index in [2.05, 4.69) is 15.3 Å². The first-order valence-corrected chi connectivity index (χ1v) is 8.62. The SMILES string of the molecule is NC1=NC2(CCCCC2)N(c2cc(Cl)c3c(c2)NC(=O)CO3)C(N)=N1. The number of carbonyl (C=O) groups is 1. The largest absolute Gasteiger partial charge is 0.480 e. The monoisotopic (exact) mass is 362 g/mol. The number of hydrogen-bond donors (Lipinski definition) is 3. The number of nitrogens with zero attached hydrogens (tertiary/aromatic N) is 3. The number of amides is 1. The quantitative estimate of drug-likeness (QED) is 0.703. The summed E-state index contributed by atoms with van der Waals surface area (Å²) >= 11 is 6.37. The lowest BCUT2D eigenvalue weighted by Crippen LogP contribution is -2.58. The lowest BCUT2D eigenvalue weighted by molar-refractivity contribution is -0.118. The lowest BCUT2D eigenvalue weighted by Gasteiger charge is -2.45. The van der Waals surface area contributed by atoms with Crippen LogP contribution in [0.1, 0.15) is 32.1 Å². The number of carbonyl (C=O) groups excluding carboxylic acids is 1. The summed E-state index contributed by atoms with van der Waals surface area (Å²) in [5.74, 6) is 0.693. The first-order chi connectivity index (χ1) is 12.0. The van der Waals surface area contributed by atoms with Crippen LogP contribution in [0.2, 0.25) is 5.02 Å². The molecule has 1 aromatic carbocycles. The molecule has 0 radical (unpaired) electrons. The molecule has 1 amide bonds. The molecule has 3 aliphatic rings. The molecule has 8 nitrogen and oxygen atoms in total. The molecule has 1 aromatic rings. The van der Waals surface area contributed by atoms with E-state index in [9.17, 15) is 4.79 Å². The summed E-state index contributed by atoms with van der Waals surface area (Å²) < 4.78 is 5.42. The fourth-order valence-corrected chi connectivity index (χ4v) is 4.03. The highest BCUT2D eigenvalue weighted by molar-refractivity contribution is 6.33. The second kappa shape index (κ2) is 5.80. The molecule has 0 unspecified atom stereocenters. The summed E-state index contributed by atoms with van der Waals surface area (Å²) in [5, 5.41) is 3.18. The maximum atomic E-state index is 11.6. The van der Waals surface area contributed by atoms with Crippen LogP contribution in [-0.2, 0) is 4.79 Å². The molecule has 1 spiro atoms. The Balaban J connectivity index is 1.82. The number of rotatable bonds is 1. The molecule has 9 heteroatoms. The minimum Gasteiger partial charge on any atom is -0.480 e. The van der Waals surface area contributed by atoms with Crippen LogP contribution in [0.3, 0.4) is 0 Å². The Morgan fingerprint density at radius 1 is 1.24 bits per heavy atom. The van der Waals surface area contributed by atoms with Crippen LogP contribution in [0.25, 0.3) is 0 Å². The van der Waals surface area contributed by atoms with Crippen molar-refractivity contribution in [1.29, 1.82) is 0 Å². The Morgan fingerprint density at radius 2 is 2.00 bits per heavy atom. The van der Waals surface area contributed by atoms with E-state index in [1.165, 1.54) is 0 Å². The number of ether oxygens (including phenoxy) is 1. The second-order valence-corrected chi connectivity index (χ2v) is 6.87. The van der Waals surface area contributed by atoms with Crippen molar-refractivity contribution >= 4 is 40.8 Å². The smallest absolute Gasteiger partial charge is 0.262 e. The molecule has 4 rings (SSSR count). The van der Waals surface area contributed by atoms with Gasteiger partial charge in [-0.1, -0.05) is 18.0 Å². The third-order valence-electron chi connectivity index (χ3n) is 4.76. The van der Waals surface area contributed by atoms with Crippen molar-refractivity contribution in [1.82, 2.24) is 0 Å². The summed E-state index contributed by atoms with van der Waals surface area (Å²) in [6.07, 6.45) is 4.85. The fraction of sp³-hybridized carbons (Fsp3) is 0.438. The molecule has 2 aliphatic heterocycles. The van der Waals surface area contributed by atoms with Crippen LogP contribution in [0.15, 0.2) is 22.1 Å². The van der Waals surface area contributed by atoms with Gasteiger partial charge in [0.25, 0.3) is 5.91 Å². The standard InChI is InChI=1S/C16H19ClN6O2/c17-10-6-9(7-11-13(10)25-8-12(24)20-11)23-15(19)21-14(18)22-16(23)4-2-1-3-5-16/h6-7H,1-5,8H2,(H,20,24)(H4,18,19,21,22). The molecule has 25 heavy (non-hydrogen) atoms. The maximum absolute atomic E-state index is 11.6. The number of anilines is 2. The average molecular weight is 363 g/mol. The number of guanidine groups is 2. The van der Waals surface area contributed by atoms with E-state index in [-0.39, 0.29) is 24.4 Å². The predicted molar refractivity (Wildman–Crippen MR) is 97.1 cm³/mol. The Labute approximate surface area is 149 Å². The van der Waals surface area contributed by atoms with Crippen molar-refractivity contribution in [3.05, 3.63) is 17.2 Å². The van der Waals surface area contributed by atoms with Crippen LogP contribution in [-0.4, -0.2) is 30.1 Å². The van der Waals surface area contributed by atoms with Gasteiger partial charge in [0, 0.05) is 0 Å². The molecule has 2 heterocycles. The number of fused-ring (bicyclic) bond motifs is 1. The molecule has 1 aliphatic carbocycles. The third-order valence-corrected chi connectivity index (χ3v) is 5.04. The second-order valence-electron chi connectivity index (χ2n) is 6.46. The van der Waals surface area contributed by atoms with E-state index in [0.29, 0.717) is 22.1 Å². The summed E-state index contributed by atoms with van der Waals surface area (Å²) in [6.45, 7) is -0.0514. The summed E-state index contributed by atoms with van der Waals surface area (Å²) in [7, 11) is 0.